The van der Waals surface area contributed by atoms with E-state index in [4.69, 9.17) is 27.7 Å². The Bertz CT molecular complexity index is 1440. The number of carbonyl (C=O) groups excluding carboxylic acids is 1. The quantitative estimate of drug-likeness (QED) is 0.335. The predicted molar refractivity (Wildman–Crippen MR) is 129 cm³/mol. The molecule has 170 valence electrons. The molecule has 1 aliphatic heterocycles. The molecule has 3 aromatic carbocycles. The number of rotatable bonds is 4. The molecule has 1 N–H and O–H groups in total. The Morgan fingerprint density at radius 1 is 1.00 bits per heavy atom. The van der Waals surface area contributed by atoms with Crippen LogP contribution in [0.15, 0.2) is 83.0 Å². The molecule has 34 heavy (non-hydrogen) atoms. The van der Waals surface area contributed by atoms with E-state index >= 15 is 0 Å². The van der Waals surface area contributed by atoms with Gasteiger partial charge in [0, 0.05) is 21.3 Å². The third-order valence-corrected chi connectivity index (χ3v) is 5.94. The van der Waals surface area contributed by atoms with Gasteiger partial charge < -0.3 is 9.84 Å². The molecule has 2 amide bonds. The highest BCUT2D eigenvalue weighted by atomic mass is 35.5. The van der Waals surface area contributed by atoms with E-state index in [2.05, 4.69) is 15.5 Å². The van der Waals surface area contributed by atoms with Crippen molar-refractivity contribution in [1.29, 1.82) is 0 Å². The lowest BCUT2D eigenvalue weighted by Crippen LogP contribution is -2.46. The number of allylic oxidation sites excluding steroid dienone is 1. The molecule has 0 aliphatic carbocycles. The summed E-state index contributed by atoms with van der Waals surface area (Å²) >= 11 is 12.3. The van der Waals surface area contributed by atoms with Crippen molar-refractivity contribution in [2.24, 2.45) is 0 Å². The summed E-state index contributed by atoms with van der Waals surface area (Å²) in [7, 11) is 0. The van der Waals surface area contributed by atoms with E-state index in [0.29, 0.717) is 38.4 Å². The van der Waals surface area contributed by atoms with Gasteiger partial charge in [0.05, 0.1) is 17.3 Å². The molecule has 0 saturated heterocycles. The van der Waals surface area contributed by atoms with E-state index in [9.17, 15) is 9.18 Å². The minimum atomic E-state index is -0.622. The lowest BCUT2D eigenvalue weighted by Gasteiger charge is -2.35. The molecule has 0 radical (unpaired) electrons. The maximum atomic E-state index is 14.0. The number of amides is 2. The number of nitrogens with zero attached hydrogens (tertiary/aromatic N) is 3. The van der Waals surface area contributed by atoms with Gasteiger partial charge in [-0.25, -0.2) is 9.18 Å². The van der Waals surface area contributed by atoms with Crippen LogP contribution in [0.25, 0.3) is 17.0 Å². The fourth-order valence-corrected chi connectivity index (χ4v) is 4.35. The zero-order valence-corrected chi connectivity index (χ0v) is 19.3. The van der Waals surface area contributed by atoms with Crippen LogP contribution in [0.1, 0.15) is 24.4 Å². The van der Waals surface area contributed by atoms with Gasteiger partial charge in [-0.3, -0.25) is 4.90 Å². The molecule has 1 atom stereocenters. The van der Waals surface area contributed by atoms with Gasteiger partial charge in [0.2, 0.25) is 5.82 Å². The summed E-state index contributed by atoms with van der Waals surface area (Å²) in [6, 6.07) is 19.0. The van der Waals surface area contributed by atoms with Gasteiger partial charge >= 0.3 is 6.03 Å². The monoisotopic (exact) mass is 494 g/mol. The molecule has 5 rings (SSSR count). The molecule has 0 saturated carbocycles. The van der Waals surface area contributed by atoms with E-state index in [-0.39, 0.29) is 5.89 Å². The molecule has 4 aromatic rings. The second-order valence-electron chi connectivity index (χ2n) is 7.69. The summed E-state index contributed by atoms with van der Waals surface area (Å²) in [4.78, 5) is 19.1. The summed E-state index contributed by atoms with van der Waals surface area (Å²) in [5, 5.41) is 8.14. The van der Waals surface area contributed by atoms with Crippen molar-refractivity contribution in [1.82, 2.24) is 15.5 Å². The Balaban J connectivity index is 1.67. The number of nitrogens with one attached hydrogen (secondary N) is 1. The highest BCUT2D eigenvalue weighted by Gasteiger charge is 2.36. The average Bonchev–Trinajstić information content (AvgIpc) is 3.28. The standard InChI is InChI=1S/C25H17Cl2FN4O2/c1-14-21(24-30-23(31-34-24)16-6-3-8-18(27)12-16)22(15-5-2-7-17(26)11-15)29-25(33)32(14)20-10-4-9-19(28)13-20/h2-13,22H,1H3,(H,29,33). The number of benzene rings is 3. The highest BCUT2D eigenvalue weighted by molar-refractivity contribution is 6.31. The van der Waals surface area contributed by atoms with Crippen molar-refractivity contribution >= 4 is 40.5 Å². The Kier molecular flexibility index (Phi) is 5.81. The van der Waals surface area contributed by atoms with Crippen molar-refractivity contribution in [2.45, 2.75) is 13.0 Å². The molecule has 0 bridgehead atoms. The summed E-state index contributed by atoms with van der Waals surface area (Å²) < 4.78 is 19.6. The Labute approximate surface area is 204 Å². The van der Waals surface area contributed by atoms with Gasteiger partial charge in [-0.1, -0.05) is 58.7 Å². The Hall–Kier alpha value is -3.68. The van der Waals surface area contributed by atoms with E-state index in [1.807, 2.05) is 12.1 Å². The molecule has 1 unspecified atom stereocenters. The number of anilines is 1. The topological polar surface area (TPSA) is 71.3 Å². The van der Waals surface area contributed by atoms with E-state index in [1.165, 1.54) is 23.1 Å². The van der Waals surface area contributed by atoms with Crippen LogP contribution in [-0.4, -0.2) is 16.2 Å². The second kappa shape index (κ2) is 8.93. The van der Waals surface area contributed by atoms with E-state index < -0.39 is 17.9 Å². The van der Waals surface area contributed by atoms with Crippen LogP contribution in [0.5, 0.6) is 0 Å². The largest absolute Gasteiger partial charge is 0.334 e. The first-order valence-electron chi connectivity index (χ1n) is 10.3. The molecule has 0 spiro atoms. The fraction of sp³-hybridized carbons (Fsp3) is 0.0800. The van der Waals surface area contributed by atoms with Crippen LogP contribution < -0.4 is 10.2 Å². The third kappa shape index (κ3) is 4.16. The zero-order valence-electron chi connectivity index (χ0n) is 17.8. The minimum absolute atomic E-state index is 0.207. The molecule has 9 heteroatoms. The van der Waals surface area contributed by atoms with E-state index in [0.717, 1.165) is 5.56 Å². The number of hydrogen-bond acceptors (Lipinski definition) is 4. The lowest BCUT2D eigenvalue weighted by molar-refractivity contribution is 0.244. The van der Waals surface area contributed by atoms with Crippen LogP contribution in [0.3, 0.4) is 0 Å². The summed E-state index contributed by atoms with van der Waals surface area (Å²) in [5.41, 5.74) is 2.86. The smallest absolute Gasteiger partial charge is 0.327 e. The molecular formula is C25H17Cl2FN4O2. The first-order valence-corrected chi connectivity index (χ1v) is 11.1. The van der Waals surface area contributed by atoms with Crippen LogP contribution in [0.2, 0.25) is 10.0 Å². The maximum absolute atomic E-state index is 14.0. The number of urea groups is 1. The normalized spacial score (nSPS) is 16.1. The summed E-state index contributed by atoms with van der Waals surface area (Å²) in [6.45, 7) is 1.75. The predicted octanol–water partition coefficient (Wildman–Crippen LogP) is 6.88. The van der Waals surface area contributed by atoms with Gasteiger partial charge in [0.25, 0.3) is 5.89 Å². The molecule has 2 heterocycles. The van der Waals surface area contributed by atoms with Gasteiger partial charge in [0.15, 0.2) is 0 Å². The van der Waals surface area contributed by atoms with Crippen LogP contribution >= 0.6 is 23.2 Å². The molecule has 1 aliphatic rings. The van der Waals surface area contributed by atoms with Gasteiger partial charge in [-0.2, -0.15) is 4.98 Å². The summed E-state index contributed by atoms with van der Waals surface area (Å²) in [5.74, 6) is 0.0911. The van der Waals surface area contributed by atoms with Crippen LogP contribution in [0.4, 0.5) is 14.9 Å². The molecule has 1 aromatic heterocycles. The van der Waals surface area contributed by atoms with Crippen molar-refractivity contribution in [3.8, 4) is 11.4 Å². The number of carbonyl (C=O) groups is 1. The van der Waals surface area contributed by atoms with Gasteiger partial charge in [-0.15, -0.1) is 0 Å². The van der Waals surface area contributed by atoms with Crippen molar-refractivity contribution in [2.75, 3.05) is 4.90 Å². The molecule has 6 nitrogen and oxygen atoms in total. The Morgan fingerprint density at radius 2 is 1.74 bits per heavy atom. The SMILES string of the molecule is CC1=C(c2nc(-c3cccc(Cl)c3)no2)C(c2cccc(Cl)c2)NC(=O)N1c1cccc(F)c1. The van der Waals surface area contributed by atoms with Gasteiger partial charge in [-0.05, 0) is 55.0 Å². The molecular weight excluding hydrogens is 478 g/mol. The number of aromatic nitrogens is 2. The highest BCUT2D eigenvalue weighted by Crippen LogP contribution is 2.39. The van der Waals surface area contributed by atoms with Gasteiger partial charge in [0.1, 0.15) is 5.82 Å². The lowest BCUT2D eigenvalue weighted by atomic mass is 9.94. The van der Waals surface area contributed by atoms with Crippen LogP contribution in [0, 0.1) is 5.82 Å². The summed E-state index contributed by atoms with van der Waals surface area (Å²) in [6.07, 6.45) is 0. The van der Waals surface area contributed by atoms with Crippen molar-refractivity contribution in [3.05, 3.63) is 106 Å². The first kappa shape index (κ1) is 22.1. The van der Waals surface area contributed by atoms with Crippen molar-refractivity contribution in [3.63, 3.8) is 0 Å². The third-order valence-electron chi connectivity index (χ3n) is 5.47. The van der Waals surface area contributed by atoms with Crippen LogP contribution in [-0.2, 0) is 0 Å². The number of hydrogen-bond donors (Lipinski definition) is 1. The number of halogens is 3. The van der Waals surface area contributed by atoms with E-state index in [1.54, 1.807) is 49.4 Å². The molecule has 0 fully saturated rings. The maximum Gasteiger partial charge on any atom is 0.327 e. The second-order valence-corrected chi connectivity index (χ2v) is 8.56. The average molecular weight is 495 g/mol. The first-order chi connectivity index (χ1) is 16.4. The Morgan fingerprint density at radius 3 is 2.47 bits per heavy atom. The van der Waals surface area contributed by atoms with Crippen molar-refractivity contribution < 1.29 is 13.7 Å². The fourth-order valence-electron chi connectivity index (χ4n) is 3.96. The minimum Gasteiger partial charge on any atom is -0.334 e. The zero-order chi connectivity index (χ0) is 23.8.